The van der Waals surface area contributed by atoms with Crippen LogP contribution in [0.5, 0.6) is 0 Å². The molecule has 0 saturated heterocycles. The summed E-state index contributed by atoms with van der Waals surface area (Å²) in [6.07, 6.45) is 2.32. The Kier molecular flexibility index (Phi) is 6.66. The van der Waals surface area contributed by atoms with Gasteiger partial charge >= 0.3 is 0 Å². The van der Waals surface area contributed by atoms with E-state index in [-0.39, 0.29) is 17.7 Å². The van der Waals surface area contributed by atoms with Gasteiger partial charge in [-0.1, -0.05) is 78.9 Å². The molecule has 1 atom stereocenters. The van der Waals surface area contributed by atoms with Gasteiger partial charge in [0.15, 0.2) is 0 Å². The lowest BCUT2D eigenvalue weighted by molar-refractivity contribution is -0.128. The first-order valence-corrected chi connectivity index (χ1v) is 10.8. The molecule has 32 heavy (non-hydrogen) atoms. The Labute approximate surface area is 187 Å². The third-order valence-electron chi connectivity index (χ3n) is 5.68. The number of para-hydroxylation sites is 1. The molecule has 4 aromatic rings. The molecular weight excluding hydrogens is 398 g/mol. The van der Waals surface area contributed by atoms with E-state index in [0.717, 1.165) is 27.6 Å². The predicted molar refractivity (Wildman–Crippen MR) is 127 cm³/mol. The molecule has 5 nitrogen and oxygen atoms in total. The van der Waals surface area contributed by atoms with E-state index >= 15 is 0 Å². The molecule has 3 aromatic carbocycles. The Balaban J connectivity index is 1.52. The highest BCUT2D eigenvalue weighted by Crippen LogP contribution is 2.24. The van der Waals surface area contributed by atoms with Crippen molar-refractivity contribution in [1.29, 1.82) is 0 Å². The molecule has 0 spiro atoms. The van der Waals surface area contributed by atoms with Crippen LogP contribution in [0.3, 0.4) is 0 Å². The maximum atomic E-state index is 13.2. The highest BCUT2D eigenvalue weighted by molar-refractivity contribution is 5.89. The minimum Gasteiger partial charge on any atom is -0.361 e. The Hall–Kier alpha value is -3.86. The van der Waals surface area contributed by atoms with Gasteiger partial charge in [0.1, 0.15) is 6.04 Å². The SMILES string of the molecule is CC(=O)NC(Cc1c[nH]c2ccccc12)C(=O)NCC(c1ccccc1)c1ccccc1. The lowest BCUT2D eigenvalue weighted by Gasteiger charge is -2.22. The van der Waals surface area contributed by atoms with E-state index < -0.39 is 6.04 Å². The van der Waals surface area contributed by atoms with Crippen molar-refractivity contribution in [2.75, 3.05) is 6.54 Å². The van der Waals surface area contributed by atoms with Crippen LogP contribution in [-0.2, 0) is 16.0 Å². The zero-order valence-corrected chi connectivity index (χ0v) is 18.0. The molecule has 0 fully saturated rings. The third-order valence-corrected chi connectivity index (χ3v) is 5.68. The van der Waals surface area contributed by atoms with Crippen molar-refractivity contribution in [2.45, 2.75) is 25.3 Å². The van der Waals surface area contributed by atoms with E-state index in [2.05, 4.69) is 39.9 Å². The zero-order valence-electron chi connectivity index (χ0n) is 18.0. The summed E-state index contributed by atoms with van der Waals surface area (Å²) in [5, 5.41) is 6.96. The number of H-pyrrole nitrogens is 1. The maximum Gasteiger partial charge on any atom is 0.242 e. The molecule has 162 valence electrons. The summed E-state index contributed by atoms with van der Waals surface area (Å²) in [5.74, 6) is -0.401. The lowest BCUT2D eigenvalue weighted by atomic mass is 9.91. The monoisotopic (exact) mass is 425 g/mol. The molecule has 0 radical (unpaired) electrons. The van der Waals surface area contributed by atoms with Crippen molar-refractivity contribution in [3.05, 3.63) is 108 Å². The molecular formula is C27H27N3O2. The van der Waals surface area contributed by atoms with Crippen molar-refractivity contribution in [1.82, 2.24) is 15.6 Å². The van der Waals surface area contributed by atoms with E-state index in [1.807, 2.05) is 66.9 Å². The summed E-state index contributed by atoms with van der Waals surface area (Å²) in [4.78, 5) is 28.2. The van der Waals surface area contributed by atoms with Gasteiger partial charge in [0, 0.05) is 42.9 Å². The van der Waals surface area contributed by atoms with Gasteiger partial charge in [-0.05, 0) is 22.8 Å². The molecule has 1 unspecified atom stereocenters. The van der Waals surface area contributed by atoms with Gasteiger partial charge in [-0.3, -0.25) is 9.59 Å². The third kappa shape index (κ3) is 5.06. The quantitative estimate of drug-likeness (QED) is 0.397. The van der Waals surface area contributed by atoms with Crippen molar-refractivity contribution < 1.29 is 9.59 Å². The second kappa shape index (κ2) is 9.96. The summed E-state index contributed by atoms with van der Waals surface area (Å²) in [7, 11) is 0. The van der Waals surface area contributed by atoms with E-state index in [9.17, 15) is 9.59 Å². The molecule has 5 heteroatoms. The Morgan fingerprint density at radius 1 is 0.844 bits per heavy atom. The first-order valence-electron chi connectivity index (χ1n) is 10.8. The van der Waals surface area contributed by atoms with Crippen LogP contribution in [0, 0.1) is 0 Å². The van der Waals surface area contributed by atoms with E-state index in [1.165, 1.54) is 6.92 Å². The van der Waals surface area contributed by atoms with Gasteiger partial charge < -0.3 is 15.6 Å². The first-order chi connectivity index (χ1) is 15.6. The molecule has 3 N–H and O–H groups in total. The van der Waals surface area contributed by atoms with Crippen molar-refractivity contribution in [2.24, 2.45) is 0 Å². The number of amides is 2. The van der Waals surface area contributed by atoms with Crippen LogP contribution >= 0.6 is 0 Å². The van der Waals surface area contributed by atoms with E-state index in [0.29, 0.717) is 13.0 Å². The lowest BCUT2D eigenvalue weighted by Crippen LogP contribution is -2.48. The minimum absolute atomic E-state index is 0.0208. The van der Waals surface area contributed by atoms with Crippen LogP contribution < -0.4 is 10.6 Å². The second-order valence-corrected chi connectivity index (χ2v) is 7.94. The Morgan fingerprint density at radius 3 is 2.06 bits per heavy atom. The summed E-state index contributed by atoms with van der Waals surface area (Å²) in [6, 6.07) is 27.6. The second-order valence-electron chi connectivity index (χ2n) is 7.94. The number of carbonyl (C=O) groups is 2. The standard InChI is InChI=1S/C27H27N3O2/c1-19(31)30-26(16-22-17-28-25-15-9-8-14-23(22)25)27(32)29-18-24(20-10-4-2-5-11-20)21-12-6-3-7-13-21/h2-15,17,24,26,28H,16,18H2,1H3,(H,29,32)(H,30,31). The topological polar surface area (TPSA) is 74.0 Å². The molecule has 0 bridgehead atoms. The average molecular weight is 426 g/mol. The number of carbonyl (C=O) groups excluding carboxylic acids is 2. The number of hydrogen-bond donors (Lipinski definition) is 3. The van der Waals surface area contributed by atoms with Crippen LogP contribution in [0.1, 0.15) is 29.5 Å². The van der Waals surface area contributed by atoms with Crippen LogP contribution in [-0.4, -0.2) is 29.4 Å². The summed E-state index contributed by atoms with van der Waals surface area (Å²) >= 11 is 0. The number of aromatic amines is 1. The van der Waals surface area contributed by atoms with Crippen LogP contribution in [0.4, 0.5) is 0 Å². The number of nitrogens with one attached hydrogen (secondary N) is 3. The van der Waals surface area contributed by atoms with Crippen molar-refractivity contribution in [3.63, 3.8) is 0 Å². The average Bonchev–Trinajstić information content (AvgIpc) is 3.23. The first kappa shape index (κ1) is 21.4. The van der Waals surface area contributed by atoms with E-state index in [4.69, 9.17) is 0 Å². The molecule has 2 amide bonds. The number of aromatic nitrogens is 1. The van der Waals surface area contributed by atoms with Gasteiger partial charge in [0.25, 0.3) is 0 Å². The highest BCUT2D eigenvalue weighted by Gasteiger charge is 2.23. The predicted octanol–water partition coefficient (Wildman–Crippen LogP) is 4.16. The molecule has 4 rings (SSSR count). The van der Waals surface area contributed by atoms with Crippen LogP contribution in [0.15, 0.2) is 91.1 Å². The molecule has 0 aliphatic rings. The number of benzene rings is 3. The molecule has 0 saturated carbocycles. The number of hydrogen-bond acceptors (Lipinski definition) is 2. The van der Waals surface area contributed by atoms with E-state index in [1.54, 1.807) is 0 Å². The fourth-order valence-electron chi connectivity index (χ4n) is 4.10. The van der Waals surface area contributed by atoms with Crippen molar-refractivity contribution in [3.8, 4) is 0 Å². The molecule has 1 heterocycles. The smallest absolute Gasteiger partial charge is 0.242 e. The zero-order chi connectivity index (χ0) is 22.3. The summed E-state index contributed by atoms with van der Waals surface area (Å²) in [5.41, 5.74) is 4.27. The highest BCUT2D eigenvalue weighted by atomic mass is 16.2. The minimum atomic E-state index is -0.654. The summed E-state index contributed by atoms with van der Waals surface area (Å²) in [6.45, 7) is 1.88. The number of rotatable bonds is 8. The van der Waals surface area contributed by atoms with Gasteiger partial charge in [-0.15, -0.1) is 0 Å². The molecule has 0 aliphatic carbocycles. The van der Waals surface area contributed by atoms with Gasteiger partial charge in [-0.2, -0.15) is 0 Å². The number of fused-ring (bicyclic) bond motifs is 1. The summed E-state index contributed by atoms with van der Waals surface area (Å²) < 4.78 is 0. The van der Waals surface area contributed by atoms with Crippen molar-refractivity contribution >= 4 is 22.7 Å². The fraction of sp³-hybridized carbons (Fsp3) is 0.185. The maximum absolute atomic E-state index is 13.2. The van der Waals surface area contributed by atoms with Gasteiger partial charge in [0.05, 0.1) is 0 Å². The molecule has 1 aromatic heterocycles. The van der Waals surface area contributed by atoms with Crippen LogP contribution in [0.2, 0.25) is 0 Å². The Bertz CT molecular complexity index is 1150. The van der Waals surface area contributed by atoms with Crippen LogP contribution in [0.25, 0.3) is 10.9 Å². The normalized spacial score (nSPS) is 11.9. The Morgan fingerprint density at radius 2 is 1.44 bits per heavy atom. The molecule has 0 aliphatic heterocycles. The van der Waals surface area contributed by atoms with Gasteiger partial charge in [-0.25, -0.2) is 0 Å². The fourth-order valence-corrected chi connectivity index (χ4v) is 4.10. The van der Waals surface area contributed by atoms with Gasteiger partial charge in [0.2, 0.25) is 11.8 Å². The largest absolute Gasteiger partial charge is 0.361 e.